The van der Waals surface area contributed by atoms with Crippen LogP contribution in [-0.4, -0.2) is 22.5 Å². The molecule has 2 aromatic rings. The highest BCUT2D eigenvalue weighted by Crippen LogP contribution is 2.30. The lowest BCUT2D eigenvalue weighted by molar-refractivity contribution is 0.402. The van der Waals surface area contributed by atoms with Gasteiger partial charge in [-0.05, 0) is 42.8 Å². The third kappa shape index (κ3) is 4.71. The Labute approximate surface area is 144 Å². The Bertz CT molecular complexity index is 652. The predicted octanol–water partition coefficient (Wildman–Crippen LogP) is 4.85. The molecule has 1 atom stereocenters. The largest absolute Gasteiger partial charge is 0.504 e. The molecule has 0 fully saturated rings. The fraction of sp³-hybridized carbons (Fsp3) is 0.250. The Hall–Kier alpha value is -1.07. The predicted molar refractivity (Wildman–Crippen MR) is 93.4 cm³/mol. The molecule has 0 saturated carbocycles. The Morgan fingerprint density at radius 2 is 1.86 bits per heavy atom. The third-order valence-electron chi connectivity index (χ3n) is 3.20. The molecule has 3 N–H and O–H groups in total. The van der Waals surface area contributed by atoms with E-state index in [2.05, 4.69) is 5.32 Å². The molecular weight excluding hydrogens is 341 g/mol. The number of thioether (sulfide) groups is 1. The van der Waals surface area contributed by atoms with E-state index in [1.807, 2.05) is 13.0 Å². The second kappa shape index (κ2) is 7.97. The average Bonchev–Trinajstić information content (AvgIpc) is 2.49. The SMILES string of the molecule is CC(NCCSc1cc(Cl)ccc1Cl)c1ccc(O)c(O)c1. The molecule has 2 aromatic carbocycles. The molecule has 0 amide bonds. The third-order valence-corrected chi connectivity index (χ3v) is 4.94. The van der Waals surface area contributed by atoms with E-state index in [1.54, 1.807) is 36.0 Å². The van der Waals surface area contributed by atoms with Crippen molar-refractivity contribution in [3.8, 4) is 11.5 Å². The highest BCUT2D eigenvalue weighted by molar-refractivity contribution is 7.99. The van der Waals surface area contributed by atoms with Crippen LogP contribution in [0.15, 0.2) is 41.3 Å². The van der Waals surface area contributed by atoms with Gasteiger partial charge in [0, 0.05) is 28.3 Å². The second-order valence-electron chi connectivity index (χ2n) is 4.85. The van der Waals surface area contributed by atoms with Crippen LogP contribution in [0.4, 0.5) is 0 Å². The average molecular weight is 358 g/mol. The van der Waals surface area contributed by atoms with Gasteiger partial charge in [0.05, 0.1) is 5.02 Å². The molecule has 2 rings (SSSR count). The number of rotatable bonds is 6. The zero-order valence-electron chi connectivity index (χ0n) is 12.0. The molecule has 0 bridgehead atoms. The molecule has 3 nitrogen and oxygen atoms in total. The van der Waals surface area contributed by atoms with Crippen molar-refractivity contribution in [2.24, 2.45) is 0 Å². The van der Waals surface area contributed by atoms with E-state index in [1.165, 1.54) is 6.07 Å². The molecule has 0 saturated heterocycles. The van der Waals surface area contributed by atoms with Crippen LogP contribution in [0.2, 0.25) is 10.0 Å². The first kappa shape index (κ1) is 17.3. The summed E-state index contributed by atoms with van der Waals surface area (Å²) in [6.45, 7) is 2.78. The van der Waals surface area contributed by atoms with Crippen molar-refractivity contribution >= 4 is 35.0 Å². The van der Waals surface area contributed by atoms with Gasteiger partial charge in [0.1, 0.15) is 0 Å². The number of hydrogen-bond donors (Lipinski definition) is 3. The van der Waals surface area contributed by atoms with Gasteiger partial charge in [-0.2, -0.15) is 0 Å². The van der Waals surface area contributed by atoms with Crippen LogP contribution in [0.3, 0.4) is 0 Å². The van der Waals surface area contributed by atoms with Gasteiger partial charge in [-0.3, -0.25) is 0 Å². The van der Waals surface area contributed by atoms with Crippen LogP contribution >= 0.6 is 35.0 Å². The quantitative estimate of drug-likeness (QED) is 0.393. The van der Waals surface area contributed by atoms with E-state index in [4.69, 9.17) is 23.2 Å². The summed E-state index contributed by atoms with van der Waals surface area (Å²) >= 11 is 13.7. The van der Waals surface area contributed by atoms with Crippen molar-refractivity contribution in [3.63, 3.8) is 0 Å². The number of aromatic hydroxyl groups is 2. The van der Waals surface area contributed by atoms with Gasteiger partial charge in [0.2, 0.25) is 0 Å². The molecule has 0 aliphatic carbocycles. The van der Waals surface area contributed by atoms with Crippen LogP contribution in [-0.2, 0) is 0 Å². The van der Waals surface area contributed by atoms with Crippen molar-refractivity contribution in [1.82, 2.24) is 5.32 Å². The molecule has 0 aromatic heterocycles. The van der Waals surface area contributed by atoms with Gasteiger partial charge < -0.3 is 15.5 Å². The Kier molecular flexibility index (Phi) is 6.26. The van der Waals surface area contributed by atoms with Gasteiger partial charge >= 0.3 is 0 Å². The summed E-state index contributed by atoms with van der Waals surface area (Å²) < 4.78 is 0. The monoisotopic (exact) mass is 357 g/mol. The van der Waals surface area contributed by atoms with Crippen LogP contribution in [0, 0.1) is 0 Å². The summed E-state index contributed by atoms with van der Waals surface area (Å²) in [5, 5.41) is 23.6. The summed E-state index contributed by atoms with van der Waals surface area (Å²) in [6.07, 6.45) is 0. The highest BCUT2D eigenvalue weighted by Gasteiger charge is 2.08. The van der Waals surface area contributed by atoms with Crippen molar-refractivity contribution < 1.29 is 10.2 Å². The normalized spacial score (nSPS) is 12.3. The molecule has 1 unspecified atom stereocenters. The molecule has 0 aliphatic heterocycles. The molecule has 0 radical (unpaired) electrons. The van der Waals surface area contributed by atoms with Crippen LogP contribution < -0.4 is 5.32 Å². The first-order valence-electron chi connectivity index (χ1n) is 6.80. The Balaban J connectivity index is 1.83. The number of nitrogens with one attached hydrogen (secondary N) is 1. The van der Waals surface area contributed by atoms with Gasteiger partial charge in [-0.15, -0.1) is 11.8 Å². The molecule has 0 heterocycles. The van der Waals surface area contributed by atoms with Crippen molar-refractivity contribution in [1.29, 1.82) is 0 Å². The van der Waals surface area contributed by atoms with Crippen molar-refractivity contribution in [2.45, 2.75) is 17.9 Å². The maximum atomic E-state index is 9.52. The number of halogens is 2. The molecular formula is C16H17Cl2NO2S. The topological polar surface area (TPSA) is 52.5 Å². The van der Waals surface area contributed by atoms with Crippen LogP contribution in [0.1, 0.15) is 18.5 Å². The van der Waals surface area contributed by atoms with E-state index in [9.17, 15) is 10.2 Å². The standard InChI is InChI=1S/C16H17Cl2NO2S/c1-10(11-2-5-14(20)15(21)8-11)19-6-7-22-16-9-12(17)3-4-13(16)18/h2-5,8-10,19-21H,6-7H2,1H3. The smallest absolute Gasteiger partial charge is 0.157 e. The minimum absolute atomic E-state index is 0.0712. The Morgan fingerprint density at radius 3 is 2.59 bits per heavy atom. The lowest BCUT2D eigenvalue weighted by atomic mass is 10.1. The maximum absolute atomic E-state index is 9.52. The lowest BCUT2D eigenvalue weighted by Crippen LogP contribution is -2.21. The zero-order chi connectivity index (χ0) is 16.1. The molecule has 22 heavy (non-hydrogen) atoms. The minimum atomic E-state index is -0.109. The van der Waals surface area contributed by atoms with E-state index in [0.29, 0.717) is 10.0 Å². The lowest BCUT2D eigenvalue weighted by Gasteiger charge is -2.15. The fourth-order valence-electron chi connectivity index (χ4n) is 1.95. The first-order valence-corrected chi connectivity index (χ1v) is 8.54. The van der Waals surface area contributed by atoms with E-state index in [0.717, 1.165) is 22.8 Å². The van der Waals surface area contributed by atoms with Gasteiger partial charge in [-0.25, -0.2) is 0 Å². The van der Waals surface area contributed by atoms with E-state index >= 15 is 0 Å². The maximum Gasteiger partial charge on any atom is 0.157 e. The fourth-order valence-corrected chi connectivity index (χ4v) is 3.33. The summed E-state index contributed by atoms with van der Waals surface area (Å²) in [5.74, 6) is 0.627. The van der Waals surface area contributed by atoms with Crippen molar-refractivity contribution in [2.75, 3.05) is 12.3 Å². The Morgan fingerprint density at radius 1 is 1.09 bits per heavy atom. The second-order valence-corrected chi connectivity index (χ2v) is 6.83. The number of phenolic OH excluding ortho intramolecular Hbond substituents is 2. The van der Waals surface area contributed by atoms with Crippen molar-refractivity contribution in [3.05, 3.63) is 52.0 Å². The number of benzene rings is 2. The van der Waals surface area contributed by atoms with E-state index in [-0.39, 0.29) is 17.5 Å². The number of phenols is 2. The summed E-state index contributed by atoms with van der Waals surface area (Å²) in [6, 6.07) is 10.3. The van der Waals surface area contributed by atoms with Gasteiger partial charge in [0.25, 0.3) is 0 Å². The highest BCUT2D eigenvalue weighted by atomic mass is 35.5. The van der Waals surface area contributed by atoms with E-state index < -0.39 is 0 Å². The summed E-state index contributed by atoms with van der Waals surface area (Å²) in [7, 11) is 0. The molecule has 6 heteroatoms. The van der Waals surface area contributed by atoms with Crippen LogP contribution in [0.25, 0.3) is 0 Å². The van der Waals surface area contributed by atoms with Gasteiger partial charge in [-0.1, -0.05) is 29.3 Å². The summed E-state index contributed by atoms with van der Waals surface area (Å²) in [5.41, 5.74) is 0.918. The summed E-state index contributed by atoms with van der Waals surface area (Å²) in [4.78, 5) is 0.964. The minimum Gasteiger partial charge on any atom is -0.504 e. The molecule has 118 valence electrons. The zero-order valence-corrected chi connectivity index (χ0v) is 14.3. The number of hydrogen-bond acceptors (Lipinski definition) is 4. The molecule has 0 spiro atoms. The van der Waals surface area contributed by atoms with Gasteiger partial charge in [0.15, 0.2) is 11.5 Å². The molecule has 0 aliphatic rings. The van der Waals surface area contributed by atoms with Crippen LogP contribution in [0.5, 0.6) is 11.5 Å². The first-order chi connectivity index (χ1) is 10.5.